The van der Waals surface area contributed by atoms with Gasteiger partial charge in [-0.25, -0.2) is 0 Å². The van der Waals surface area contributed by atoms with Crippen molar-refractivity contribution in [2.45, 2.75) is 31.0 Å². The lowest BCUT2D eigenvalue weighted by Gasteiger charge is -2.29. The summed E-state index contributed by atoms with van der Waals surface area (Å²) < 4.78 is 0.796. The van der Waals surface area contributed by atoms with Gasteiger partial charge in [0.2, 0.25) is 11.0 Å². The molecule has 0 aliphatic carbocycles. The van der Waals surface area contributed by atoms with Gasteiger partial charge in [-0.3, -0.25) is 4.79 Å². The number of benzene rings is 2. The van der Waals surface area contributed by atoms with Crippen molar-refractivity contribution in [2.24, 2.45) is 0 Å². The average Bonchev–Trinajstić information content (AvgIpc) is 3.16. The standard InChI is InChI=1S/C21H22N4OS2/c1-14-9-10-17(12-15(14)2)22-20-23-24-21(28-20)27-13-19(26)25-11-5-7-16-6-3-4-8-18(16)25/h3-4,6,8-10,12H,5,7,11,13H2,1-2H3,(H,22,23). The fourth-order valence-corrected chi connectivity index (χ4v) is 4.90. The van der Waals surface area contributed by atoms with Crippen LogP contribution >= 0.6 is 23.1 Å². The topological polar surface area (TPSA) is 58.1 Å². The molecule has 28 heavy (non-hydrogen) atoms. The summed E-state index contributed by atoms with van der Waals surface area (Å²) in [5.74, 6) is 0.489. The number of nitrogens with zero attached hydrogens (tertiary/aromatic N) is 3. The van der Waals surface area contributed by atoms with E-state index >= 15 is 0 Å². The van der Waals surface area contributed by atoms with E-state index in [1.807, 2.05) is 29.2 Å². The van der Waals surface area contributed by atoms with E-state index in [2.05, 4.69) is 47.6 Å². The van der Waals surface area contributed by atoms with Crippen LogP contribution in [0.4, 0.5) is 16.5 Å². The fourth-order valence-electron chi connectivity index (χ4n) is 3.26. The summed E-state index contributed by atoms with van der Waals surface area (Å²) in [7, 11) is 0. The molecule has 1 aromatic heterocycles. The van der Waals surface area contributed by atoms with Gasteiger partial charge in [-0.05, 0) is 61.6 Å². The molecule has 144 valence electrons. The van der Waals surface area contributed by atoms with Crippen LogP contribution in [0, 0.1) is 13.8 Å². The first kappa shape index (κ1) is 19.0. The van der Waals surface area contributed by atoms with Crippen LogP contribution in [0.5, 0.6) is 0 Å². The third-order valence-corrected chi connectivity index (χ3v) is 6.85. The first-order chi connectivity index (χ1) is 13.6. The van der Waals surface area contributed by atoms with E-state index in [0.29, 0.717) is 5.75 Å². The smallest absolute Gasteiger partial charge is 0.237 e. The van der Waals surface area contributed by atoms with Gasteiger partial charge >= 0.3 is 0 Å². The van der Waals surface area contributed by atoms with Crippen molar-refractivity contribution in [1.82, 2.24) is 10.2 Å². The van der Waals surface area contributed by atoms with Gasteiger partial charge < -0.3 is 10.2 Å². The maximum absolute atomic E-state index is 12.7. The Morgan fingerprint density at radius 2 is 2.04 bits per heavy atom. The van der Waals surface area contributed by atoms with Crippen molar-refractivity contribution in [1.29, 1.82) is 0 Å². The first-order valence-corrected chi connectivity index (χ1v) is 11.1. The summed E-state index contributed by atoms with van der Waals surface area (Å²) in [6.07, 6.45) is 2.05. The molecule has 0 atom stereocenters. The molecule has 0 saturated carbocycles. The summed E-state index contributed by atoms with van der Waals surface area (Å²) in [6, 6.07) is 14.4. The number of aromatic nitrogens is 2. The highest BCUT2D eigenvalue weighted by molar-refractivity contribution is 8.01. The number of hydrogen-bond donors (Lipinski definition) is 1. The van der Waals surface area contributed by atoms with Crippen LogP contribution in [0.1, 0.15) is 23.1 Å². The Bertz CT molecular complexity index is 1000. The largest absolute Gasteiger partial charge is 0.330 e. The predicted molar refractivity (Wildman–Crippen MR) is 117 cm³/mol. The number of hydrogen-bond acceptors (Lipinski definition) is 6. The van der Waals surface area contributed by atoms with Crippen molar-refractivity contribution < 1.29 is 4.79 Å². The van der Waals surface area contributed by atoms with E-state index in [-0.39, 0.29) is 5.91 Å². The van der Waals surface area contributed by atoms with E-state index in [0.717, 1.165) is 40.2 Å². The summed E-state index contributed by atoms with van der Waals surface area (Å²) in [6.45, 7) is 4.97. The molecule has 4 rings (SSSR count). The number of aryl methyl sites for hydroxylation is 3. The SMILES string of the molecule is Cc1ccc(Nc2nnc(SCC(=O)N3CCCc4ccccc43)s2)cc1C. The van der Waals surface area contributed by atoms with Crippen LogP contribution < -0.4 is 10.2 Å². The van der Waals surface area contributed by atoms with Crippen LogP contribution in [0.15, 0.2) is 46.8 Å². The molecule has 0 bridgehead atoms. The summed E-state index contributed by atoms with van der Waals surface area (Å²) in [5, 5.41) is 12.4. The van der Waals surface area contributed by atoms with E-state index in [4.69, 9.17) is 0 Å². The second kappa shape index (κ2) is 8.32. The highest BCUT2D eigenvalue weighted by Crippen LogP contribution is 2.31. The molecule has 0 saturated heterocycles. The molecule has 5 nitrogen and oxygen atoms in total. The normalized spacial score (nSPS) is 13.3. The zero-order valence-electron chi connectivity index (χ0n) is 15.9. The molecule has 2 heterocycles. The van der Waals surface area contributed by atoms with Gasteiger partial charge in [0.1, 0.15) is 0 Å². The lowest BCUT2D eigenvalue weighted by Crippen LogP contribution is -2.36. The minimum absolute atomic E-state index is 0.121. The van der Waals surface area contributed by atoms with Gasteiger partial charge in [0, 0.05) is 17.9 Å². The Morgan fingerprint density at radius 1 is 1.18 bits per heavy atom. The molecule has 0 fully saturated rings. The Morgan fingerprint density at radius 3 is 2.89 bits per heavy atom. The molecule has 1 aliphatic heterocycles. The predicted octanol–water partition coefficient (Wildman–Crippen LogP) is 4.97. The van der Waals surface area contributed by atoms with E-state index in [1.54, 1.807) is 0 Å². The van der Waals surface area contributed by atoms with Gasteiger partial charge in [-0.15, -0.1) is 10.2 Å². The highest BCUT2D eigenvalue weighted by atomic mass is 32.2. The zero-order chi connectivity index (χ0) is 19.5. The monoisotopic (exact) mass is 410 g/mol. The van der Waals surface area contributed by atoms with Gasteiger partial charge in [0.25, 0.3) is 0 Å². The molecule has 2 aromatic carbocycles. The van der Waals surface area contributed by atoms with Crippen molar-refractivity contribution in [3.05, 3.63) is 59.2 Å². The number of carbonyl (C=O) groups excluding carboxylic acids is 1. The Kier molecular flexibility index (Phi) is 5.64. The molecule has 0 unspecified atom stereocenters. The Labute approximate surface area is 173 Å². The Balaban J connectivity index is 1.37. The average molecular weight is 411 g/mol. The summed E-state index contributed by atoms with van der Waals surface area (Å²) in [5.41, 5.74) is 5.79. The van der Waals surface area contributed by atoms with E-state index in [1.165, 1.54) is 39.8 Å². The lowest BCUT2D eigenvalue weighted by atomic mass is 10.0. The number of thioether (sulfide) groups is 1. The lowest BCUT2D eigenvalue weighted by molar-refractivity contribution is -0.116. The highest BCUT2D eigenvalue weighted by Gasteiger charge is 2.22. The minimum Gasteiger partial charge on any atom is -0.330 e. The molecule has 0 radical (unpaired) electrons. The number of amides is 1. The van der Waals surface area contributed by atoms with Crippen molar-refractivity contribution in [3.8, 4) is 0 Å². The van der Waals surface area contributed by atoms with Crippen LogP contribution in [0.25, 0.3) is 0 Å². The minimum atomic E-state index is 0.121. The molecule has 3 aromatic rings. The van der Waals surface area contributed by atoms with E-state index < -0.39 is 0 Å². The van der Waals surface area contributed by atoms with Crippen LogP contribution in [-0.2, 0) is 11.2 Å². The fraction of sp³-hybridized carbons (Fsp3) is 0.286. The quantitative estimate of drug-likeness (QED) is 0.602. The number of rotatable bonds is 5. The molecule has 1 aliphatic rings. The summed E-state index contributed by atoms with van der Waals surface area (Å²) >= 11 is 2.92. The molecule has 0 spiro atoms. The van der Waals surface area contributed by atoms with Crippen LogP contribution in [0.3, 0.4) is 0 Å². The number of para-hydroxylation sites is 1. The van der Waals surface area contributed by atoms with Crippen LogP contribution in [0.2, 0.25) is 0 Å². The molecule has 7 heteroatoms. The van der Waals surface area contributed by atoms with Gasteiger partial charge in [0.05, 0.1) is 5.75 Å². The second-order valence-corrected chi connectivity index (χ2v) is 9.06. The molecule has 1 N–H and O–H groups in total. The maximum atomic E-state index is 12.7. The molecular weight excluding hydrogens is 388 g/mol. The molecule has 1 amide bonds. The number of carbonyl (C=O) groups is 1. The van der Waals surface area contributed by atoms with Crippen molar-refractivity contribution >= 4 is 45.5 Å². The third-order valence-electron chi connectivity index (χ3n) is 4.90. The maximum Gasteiger partial charge on any atom is 0.237 e. The van der Waals surface area contributed by atoms with Crippen molar-refractivity contribution in [2.75, 3.05) is 22.5 Å². The van der Waals surface area contributed by atoms with Gasteiger partial charge in [-0.2, -0.15) is 0 Å². The van der Waals surface area contributed by atoms with Gasteiger partial charge in [-0.1, -0.05) is 47.4 Å². The number of anilines is 3. The number of fused-ring (bicyclic) bond motifs is 1. The van der Waals surface area contributed by atoms with E-state index in [9.17, 15) is 4.79 Å². The van der Waals surface area contributed by atoms with Crippen molar-refractivity contribution in [3.63, 3.8) is 0 Å². The first-order valence-electron chi connectivity index (χ1n) is 9.29. The molecular formula is C21H22N4OS2. The zero-order valence-corrected chi connectivity index (χ0v) is 17.6. The summed E-state index contributed by atoms with van der Waals surface area (Å²) in [4.78, 5) is 14.7. The second-order valence-electron chi connectivity index (χ2n) is 6.86. The number of nitrogens with one attached hydrogen (secondary N) is 1. The van der Waals surface area contributed by atoms with Gasteiger partial charge in [0.15, 0.2) is 4.34 Å². The Hall–Kier alpha value is -2.38. The third kappa shape index (κ3) is 4.20. The van der Waals surface area contributed by atoms with Crippen LogP contribution in [-0.4, -0.2) is 28.4 Å².